The van der Waals surface area contributed by atoms with Crippen LogP contribution in [-0.4, -0.2) is 24.9 Å². The first kappa shape index (κ1) is 25.7. The molecule has 0 atom stereocenters. The quantitative estimate of drug-likeness (QED) is 0.265. The van der Waals surface area contributed by atoms with E-state index in [1.54, 1.807) is 24.3 Å². The summed E-state index contributed by atoms with van der Waals surface area (Å²) in [5, 5.41) is 7.04. The van der Waals surface area contributed by atoms with Crippen molar-refractivity contribution in [2.24, 2.45) is 0 Å². The summed E-state index contributed by atoms with van der Waals surface area (Å²) in [6.07, 6.45) is 12.8. The Morgan fingerprint density at radius 1 is 0.625 bits per heavy atom. The van der Waals surface area contributed by atoms with Crippen LogP contribution in [0.5, 0.6) is 0 Å². The molecule has 2 aromatic rings. The molecule has 4 nitrogen and oxygen atoms in total. The minimum atomic E-state index is -0.107. The van der Waals surface area contributed by atoms with Crippen LogP contribution < -0.4 is 10.6 Å². The van der Waals surface area contributed by atoms with Crippen molar-refractivity contribution in [3.8, 4) is 0 Å². The highest BCUT2D eigenvalue weighted by atomic mass is 35.5. The molecule has 170 valence electrons. The van der Waals surface area contributed by atoms with Crippen LogP contribution >= 0.6 is 23.2 Å². The lowest BCUT2D eigenvalue weighted by Gasteiger charge is -2.04. The van der Waals surface area contributed by atoms with E-state index in [2.05, 4.69) is 10.6 Å². The average Bonchev–Trinajstić information content (AvgIpc) is 2.79. The molecule has 0 bridgehead atoms. The van der Waals surface area contributed by atoms with Crippen molar-refractivity contribution in [3.05, 3.63) is 81.9 Å². The molecule has 0 heterocycles. The normalized spacial score (nSPS) is 11.2. The number of unbranched alkanes of at least 4 members (excludes halogenated alkanes) is 5. The molecule has 0 radical (unpaired) electrons. The number of halogens is 2. The van der Waals surface area contributed by atoms with Gasteiger partial charge in [-0.15, -0.1) is 0 Å². The molecule has 6 heteroatoms. The lowest BCUT2D eigenvalue weighted by Crippen LogP contribution is -2.22. The van der Waals surface area contributed by atoms with Gasteiger partial charge in [-0.1, -0.05) is 85.3 Å². The highest BCUT2D eigenvalue weighted by Gasteiger charge is 1.99. The number of amides is 2. The van der Waals surface area contributed by atoms with Gasteiger partial charge >= 0.3 is 0 Å². The van der Waals surface area contributed by atoms with Gasteiger partial charge in [0.25, 0.3) is 0 Å². The van der Waals surface area contributed by atoms with E-state index in [1.165, 1.54) is 12.2 Å². The summed E-state index contributed by atoms with van der Waals surface area (Å²) in [5.74, 6) is -0.214. The molecule has 0 saturated carbocycles. The Balaban J connectivity index is 1.44. The van der Waals surface area contributed by atoms with Crippen LogP contribution in [0.2, 0.25) is 10.0 Å². The van der Waals surface area contributed by atoms with E-state index < -0.39 is 0 Å². The number of carbonyl (C=O) groups is 2. The van der Waals surface area contributed by atoms with Gasteiger partial charge in [0.15, 0.2) is 0 Å². The largest absolute Gasteiger partial charge is 0.353 e. The number of nitrogens with one attached hydrogen (secondary N) is 2. The number of rotatable bonds is 13. The van der Waals surface area contributed by atoms with Crippen LogP contribution in [0.4, 0.5) is 0 Å². The van der Waals surface area contributed by atoms with Gasteiger partial charge in [-0.25, -0.2) is 0 Å². The van der Waals surface area contributed by atoms with Gasteiger partial charge in [0.1, 0.15) is 0 Å². The topological polar surface area (TPSA) is 58.2 Å². The van der Waals surface area contributed by atoms with Gasteiger partial charge in [0.2, 0.25) is 11.8 Å². The van der Waals surface area contributed by atoms with Crippen molar-refractivity contribution in [3.63, 3.8) is 0 Å². The maximum atomic E-state index is 11.8. The van der Waals surface area contributed by atoms with Gasteiger partial charge in [-0.2, -0.15) is 0 Å². The maximum absolute atomic E-state index is 11.8. The Morgan fingerprint density at radius 2 is 1.00 bits per heavy atom. The molecule has 0 spiro atoms. The van der Waals surface area contributed by atoms with E-state index in [1.807, 2.05) is 36.4 Å². The second-order valence-electron chi connectivity index (χ2n) is 7.41. The summed E-state index contributed by atoms with van der Waals surface area (Å²) in [6, 6.07) is 14.8. The maximum Gasteiger partial charge on any atom is 0.243 e. The Kier molecular flexibility index (Phi) is 12.3. The smallest absolute Gasteiger partial charge is 0.243 e. The number of hydrogen-bond donors (Lipinski definition) is 2. The van der Waals surface area contributed by atoms with E-state index in [-0.39, 0.29) is 11.8 Å². The lowest BCUT2D eigenvalue weighted by atomic mass is 10.1. The molecule has 2 amide bonds. The Morgan fingerprint density at radius 3 is 1.41 bits per heavy atom. The molecule has 0 fully saturated rings. The molecule has 2 rings (SSSR count). The zero-order valence-corrected chi connectivity index (χ0v) is 19.7. The fraction of sp³-hybridized carbons (Fsp3) is 0.308. The van der Waals surface area contributed by atoms with Gasteiger partial charge in [0, 0.05) is 35.3 Å². The number of carbonyl (C=O) groups excluding carboxylic acids is 2. The molecule has 2 N–H and O–H groups in total. The number of hydrogen-bond acceptors (Lipinski definition) is 2. The van der Waals surface area contributed by atoms with Crippen LogP contribution in [0.3, 0.4) is 0 Å². The Hall–Kier alpha value is -2.56. The third kappa shape index (κ3) is 10.7. The predicted octanol–water partition coefficient (Wildman–Crippen LogP) is 6.29. The molecule has 0 aliphatic heterocycles. The molecular formula is C26H30Cl2N2O2. The first-order valence-corrected chi connectivity index (χ1v) is 11.7. The van der Waals surface area contributed by atoms with Crippen molar-refractivity contribution >= 4 is 47.2 Å². The second-order valence-corrected chi connectivity index (χ2v) is 8.23. The standard InChI is InChI=1S/C26H30Cl2N2O2/c27-23-13-7-5-11-21(23)15-17-25(31)29-19-9-3-1-2-4-10-20-30-26(32)18-16-22-12-6-8-14-24(22)28/h5-8,11-18H,1-4,9-10,19-20H2,(H,29,31)(H,30,32)/b17-15+,18-16+. The van der Waals surface area contributed by atoms with Crippen LogP contribution in [0.1, 0.15) is 49.7 Å². The van der Waals surface area contributed by atoms with Crippen LogP contribution in [0.25, 0.3) is 12.2 Å². The predicted molar refractivity (Wildman–Crippen MR) is 135 cm³/mol. The van der Waals surface area contributed by atoms with Gasteiger partial charge in [-0.05, 0) is 48.3 Å². The molecule has 0 saturated heterocycles. The summed E-state index contributed by atoms with van der Waals surface area (Å²) < 4.78 is 0. The SMILES string of the molecule is O=C(/C=C/c1ccccc1Cl)NCCCCCCCCNC(=O)/C=C/c1ccccc1Cl. The highest BCUT2D eigenvalue weighted by molar-refractivity contribution is 6.32. The summed E-state index contributed by atoms with van der Waals surface area (Å²) in [7, 11) is 0. The zero-order chi connectivity index (χ0) is 23.0. The lowest BCUT2D eigenvalue weighted by molar-refractivity contribution is -0.117. The Labute approximate surface area is 200 Å². The molecule has 0 unspecified atom stereocenters. The fourth-order valence-corrected chi connectivity index (χ4v) is 3.45. The van der Waals surface area contributed by atoms with Gasteiger partial charge < -0.3 is 10.6 Å². The summed E-state index contributed by atoms with van der Waals surface area (Å²) in [6.45, 7) is 1.33. The Bertz CT molecular complexity index is 850. The highest BCUT2D eigenvalue weighted by Crippen LogP contribution is 2.16. The first-order valence-electron chi connectivity index (χ1n) is 11.0. The average molecular weight is 473 g/mol. The monoisotopic (exact) mass is 472 g/mol. The summed E-state index contributed by atoms with van der Waals surface area (Å²) in [5.41, 5.74) is 1.66. The van der Waals surface area contributed by atoms with Gasteiger partial charge in [0.05, 0.1) is 0 Å². The second kappa shape index (κ2) is 15.3. The van der Waals surface area contributed by atoms with Crippen molar-refractivity contribution in [1.29, 1.82) is 0 Å². The van der Waals surface area contributed by atoms with Crippen molar-refractivity contribution in [1.82, 2.24) is 10.6 Å². The number of benzene rings is 2. The summed E-state index contributed by atoms with van der Waals surface area (Å²) in [4.78, 5) is 23.7. The third-order valence-electron chi connectivity index (χ3n) is 4.84. The van der Waals surface area contributed by atoms with Crippen molar-refractivity contribution < 1.29 is 9.59 Å². The molecule has 2 aromatic carbocycles. The van der Waals surface area contributed by atoms with Crippen molar-refractivity contribution in [2.75, 3.05) is 13.1 Å². The first-order chi connectivity index (χ1) is 15.6. The molecule has 32 heavy (non-hydrogen) atoms. The fourth-order valence-electron chi connectivity index (χ4n) is 3.05. The molecule has 0 aliphatic rings. The zero-order valence-electron chi connectivity index (χ0n) is 18.2. The van der Waals surface area contributed by atoms with Crippen LogP contribution in [-0.2, 0) is 9.59 Å². The van der Waals surface area contributed by atoms with Crippen LogP contribution in [0, 0.1) is 0 Å². The van der Waals surface area contributed by atoms with E-state index >= 15 is 0 Å². The van der Waals surface area contributed by atoms with Crippen molar-refractivity contribution in [2.45, 2.75) is 38.5 Å². The van der Waals surface area contributed by atoms with E-state index in [4.69, 9.17) is 23.2 Å². The van der Waals surface area contributed by atoms with E-state index in [0.717, 1.165) is 49.7 Å². The van der Waals surface area contributed by atoms with E-state index in [0.29, 0.717) is 23.1 Å². The summed E-state index contributed by atoms with van der Waals surface area (Å²) >= 11 is 12.1. The van der Waals surface area contributed by atoms with E-state index in [9.17, 15) is 9.59 Å². The molecular weight excluding hydrogens is 443 g/mol. The van der Waals surface area contributed by atoms with Crippen LogP contribution in [0.15, 0.2) is 60.7 Å². The molecule has 0 aliphatic carbocycles. The minimum Gasteiger partial charge on any atom is -0.353 e. The molecule has 0 aromatic heterocycles. The third-order valence-corrected chi connectivity index (χ3v) is 5.53. The minimum absolute atomic E-state index is 0.107. The van der Waals surface area contributed by atoms with Gasteiger partial charge in [-0.3, -0.25) is 9.59 Å².